The zero-order valence-corrected chi connectivity index (χ0v) is 19.0. The van der Waals surface area contributed by atoms with Gasteiger partial charge in [-0.25, -0.2) is 4.79 Å². The van der Waals surface area contributed by atoms with Crippen LogP contribution in [0.1, 0.15) is 56.3 Å². The number of hydrogen-bond acceptors (Lipinski definition) is 5. The topological polar surface area (TPSA) is 77.8 Å². The summed E-state index contributed by atoms with van der Waals surface area (Å²) >= 11 is 0. The van der Waals surface area contributed by atoms with Crippen LogP contribution in [0.15, 0.2) is 36.9 Å². The maximum atomic E-state index is 13.5. The molecule has 7 heteroatoms. The number of esters is 1. The molecule has 0 bridgehead atoms. The first-order valence-corrected chi connectivity index (χ1v) is 10.1. The number of benzene rings is 1. The van der Waals surface area contributed by atoms with Crippen LogP contribution in [0, 0.1) is 13.8 Å². The van der Waals surface area contributed by atoms with Gasteiger partial charge in [-0.1, -0.05) is 18.2 Å². The average molecular weight is 427 g/mol. The molecule has 0 spiro atoms. The van der Waals surface area contributed by atoms with Crippen molar-refractivity contribution in [1.82, 2.24) is 9.47 Å². The number of methoxy groups -OCH3 is 1. The fourth-order valence-electron chi connectivity index (χ4n) is 3.71. The Kier molecular flexibility index (Phi) is 7.80. The summed E-state index contributed by atoms with van der Waals surface area (Å²) in [4.78, 5) is 40.7. The molecule has 1 aromatic carbocycles. The highest BCUT2D eigenvalue weighted by atomic mass is 16.5. The van der Waals surface area contributed by atoms with Crippen LogP contribution in [0.4, 0.5) is 0 Å². The van der Waals surface area contributed by atoms with Crippen LogP contribution >= 0.6 is 0 Å². The van der Waals surface area contributed by atoms with E-state index in [4.69, 9.17) is 9.47 Å². The summed E-state index contributed by atoms with van der Waals surface area (Å²) in [6.07, 6.45) is 1.58. The van der Waals surface area contributed by atoms with Crippen molar-refractivity contribution in [2.24, 2.45) is 7.05 Å². The second kappa shape index (κ2) is 10.1. The van der Waals surface area contributed by atoms with Gasteiger partial charge in [0, 0.05) is 24.8 Å². The van der Waals surface area contributed by atoms with Crippen molar-refractivity contribution in [3.63, 3.8) is 0 Å². The lowest BCUT2D eigenvalue weighted by atomic mass is 9.99. The van der Waals surface area contributed by atoms with Gasteiger partial charge in [0.1, 0.15) is 11.4 Å². The fourth-order valence-corrected chi connectivity index (χ4v) is 3.71. The summed E-state index contributed by atoms with van der Waals surface area (Å²) in [5.74, 6) is -0.649. The zero-order valence-electron chi connectivity index (χ0n) is 19.0. The Morgan fingerprint density at radius 3 is 2.45 bits per heavy atom. The van der Waals surface area contributed by atoms with Crippen molar-refractivity contribution >= 4 is 17.7 Å². The zero-order chi connectivity index (χ0) is 23.3. The van der Waals surface area contributed by atoms with Crippen LogP contribution in [0.5, 0.6) is 5.75 Å². The Hall–Kier alpha value is -3.35. The van der Waals surface area contributed by atoms with Gasteiger partial charge in [0.25, 0.3) is 5.91 Å². The molecule has 0 aliphatic heterocycles. The second-order valence-corrected chi connectivity index (χ2v) is 7.20. The quantitative estimate of drug-likeness (QED) is 0.347. The average Bonchev–Trinajstić information content (AvgIpc) is 2.98. The van der Waals surface area contributed by atoms with Gasteiger partial charge in [-0.05, 0) is 45.4 Å². The standard InChI is InChI=1S/C24H30N2O5/c1-8-14-26(23(28)18-12-10-11-13-19(18)30-7)17(5)22(27)20-15(3)21(24(29)31-9-2)25(6)16(20)4/h8,10-13,17H,1,9,14H2,2-7H3. The van der Waals surface area contributed by atoms with Crippen molar-refractivity contribution in [1.29, 1.82) is 0 Å². The Bertz CT molecular complexity index is 1010. The largest absolute Gasteiger partial charge is 0.496 e. The Balaban J connectivity index is 2.48. The molecule has 0 aliphatic carbocycles. The SMILES string of the molecule is C=CCN(C(=O)c1ccccc1OC)C(C)C(=O)c1c(C)c(C(=O)OCC)n(C)c1C. The highest BCUT2D eigenvalue weighted by Gasteiger charge is 2.33. The molecule has 0 aliphatic rings. The number of para-hydroxylation sites is 1. The maximum absolute atomic E-state index is 13.5. The van der Waals surface area contributed by atoms with Gasteiger partial charge in [0.15, 0.2) is 5.78 Å². The summed E-state index contributed by atoms with van der Waals surface area (Å²) in [5.41, 5.74) is 2.29. The first kappa shape index (κ1) is 23.9. The third-order valence-electron chi connectivity index (χ3n) is 5.42. The molecule has 0 saturated heterocycles. The highest BCUT2D eigenvalue weighted by Crippen LogP contribution is 2.26. The molecular formula is C24H30N2O5. The number of Topliss-reactive ketones (excluding diaryl/α,β-unsaturated/α-hetero) is 1. The first-order valence-electron chi connectivity index (χ1n) is 10.1. The Labute approximate surface area is 183 Å². The molecule has 1 heterocycles. The third kappa shape index (κ3) is 4.55. The second-order valence-electron chi connectivity index (χ2n) is 7.20. The molecule has 7 nitrogen and oxygen atoms in total. The summed E-state index contributed by atoms with van der Waals surface area (Å²) in [6, 6.07) is 6.08. The van der Waals surface area contributed by atoms with Gasteiger partial charge >= 0.3 is 5.97 Å². The minimum absolute atomic E-state index is 0.180. The van der Waals surface area contributed by atoms with E-state index < -0.39 is 12.0 Å². The fraction of sp³-hybridized carbons (Fsp3) is 0.375. The van der Waals surface area contributed by atoms with E-state index in [0.717, 1.165) is 0 Å². The summed E-state index contributed by atoms with van der Waals surface area (Å²) in [7, 11) is 3.21. The molecule has 1 atom stereocenters. The van der Waals surface area contributed by atoms with Gasteiger partial charge < -0.3 is 18.9 Å². The van der Waals surface area contributed by atoms with E-state index in [2.05, 4.69) is 6.58 Å². The molecular weight excluding hydrogens is 396 g/mol. The van der Waals surface area contributed by atoms with Crippen LogP contribution in [0.2, 0.25) is 0 Å². The van der Waals surface area contributed by atoms with Crippen LogP contribution in [-0.2, 0) is 11.8 Å². The van der Waals surface area contributed by atoms with Gasteiger partial charge in [-0.15, -0.1) is 6.58 Å². The minimum atomic E-state index is -0.787. The van der Waals surface area contributed by atoms with Crippen LogP contribution in [-0.4, -0.2) is 53.4 Å². The number of carbonyl (C=O) groups is 3. The maximum Gasteiger partial charge on any atom is 0.355 e. The van der Waals surface area contributed by atoms with Gasteiger partial charge in [-0.3, -0.25) is 9.59 Å². The number of hydrogen-bond donors (Lipinski definition) is 0. The molecule has 0 fully saturated rings. The summed E-state index contributed by atoms with van der Waals surface area (Å²) in [5, 5.41) is 0. The number of ether oxygens (including phenoxy) is 2. The smallest absolute Gasteiger partial charge is 0.355 e. The summed E-state index contributed by atoms with van der Waals surface area (Å²) in [6.45, 7) is 11.0. The first-order chi connectivity index (χ1) is 14.7. The molecule has 0 radical (unpaired) electrons. The number of aromatic nitrogens is 1. The molecule has 0 N–H and O–H groups in total. The number of rotatable bonds is 9. The highest BCUT2D eigenvalue weighted by molar-refractivity contribution is 6.08. The van der Waals surface area contributed by atoms with E-state index in [0.29, 0.717) is 33.8 Å². The monoisotopic (exact) mass is 426 g/mol. The predicted molar refractivity (Wildman–Crippen MR) is 119 cm³/mol. The van der Waals surface area contributed by atoms with Crippen molar-refractivity contribution in [2.75, 3.05) is 20.3 Å². The van der Waals surface area contributed by atoms with Gasteiger partial charge in [0.2, 0.25) is 0 Å². The van der Waals surface area contributed by atoms with Crippen molar-refractivity contribution < 1.29 is 23.9 Å². The molecule has 1 amide bonds. The van der Waals surface area contributed by atoms with Crippen molar-refractivity contribution in [2.45, 2.75) is 33.7 Å². The van der Waals surface area contributed by atoms with E-state index in [1.165, 1.54) is 12.0 Å². The lowest BCUT2D eigenvalue weighted by Gasteiger charge is -2.28. The number of nitrogens with zero attached hydrogens (tertiary/aromatic N) is 2. The van der Waals surface area contributed by atoms with Crippen LogP contribution in [0.25, 0.3) is 0 Å². The molecule has 2 rings (SSSR count). The van der Waals surface area contributed by atoms with E-state index in [9.17, 15) is 14.4 Å². The van der Waals surface area contributed by atoms with E-state index in [1.807, 2.05) is 0 Å². The number of carbonyl (C=O) groups excluding carboxylic acids is 3. The lowest BCUT2D eigenvalue weighted by Crippen LogP contribution is -2.43. The Morgan fingerprint density at radius 2 is 1.87 bits per heavy atom. The Morgan fingerprint density at radius 1 is 1.23 bits per heavy atom. The third-order valence-corrected chi connectivity index (χ3v) is 5.42. The van der Waals surface area contributed by atoms with E-state index in [-0.39, 0.29) is 24.8 Å². The molecule has 166 valence electrons. The number of amides is 1. The van der Waals surface area contributed by atoms with Crippen molar-refractivity contribution in [3.8, 4) is 5.75 Å². The molecule has 1 unspecified atom stereocenters. The lowest BCUT2D eigenvalue weighted by molar-refractivity contribution is 0.0513. The summed E-state index contributed by atoms with van der Waals surface area (Å²) < 4.78 is 12.1. The van der Waals surface area contributed by atoms with E-state index >= 15 is 0 Å². The molecule has 2 aromatic rings. The predicted octanol–water partition coefficient (Wildman–Crippen LogP) is 3.73. The normalized spacial score (nSPS) is 11.5. The minimum Gasteiger partial charge on any atom is -0.496 e. The van der Waals surface area contributed by atoms with Gasteiger partial charge in [0.05, 0.1) is 25.3 Å². The van der Waals surface area contributed by atoms with Gasteiger partial charge in [-0.2, -0.15) is 0 Å². The molecule has 31 heavy (non-hydrogen) atoms. The van der Waals surface area contributed by atoms with Crippen LogP contribution in [0.3, 0.4) is 0 Å². The molecule has 1 aromatic heterocycles. The van der Waals surface area contributed by atoms with Crippen LogP contribution < -0.4 is 4.74 Å². The van der Waals surface area contributed by atoms with Crippen molar-refractivity contribution in [3.05, 3.63) is 65.0 Å². The molecule has 0 saturated carbocycles. The van der Waals surface area contributed by atoms with E-state index in [1.54, 1.807) is 69.7 Å². The number of ketones is 1.